The molecular formula is C16H27N3O. The smallest absolute Gasteiger partial charge is 0.161 e. The van der Waals surface area contributed by atoms with Crippen molar-refractivity contribution in [3.63, 3.8) is 0 Å². The lowest BCUT2D eigenvalue weighted by Gasteiger charge is -2.27. The second-order valence-corrected chi connectivity index (χ2v) is 6.34. The standard InChI is InChI=1S/C16H27N3O/c1-4-6-19-16(14(20-3)10-18-19)15(17-5-2)13-8-11-7-12(11)9-13/h10-13,15,17H,4-9H2,1-3H3. The highest BCUT2D eigenvalue weighted by molar-refractivity contribution is 5.29. The number of aryl methyl sites for hydroxylation is 1. The fourth-order valence-corrected chi connectivity index (χ4v) is 3.98. The van der Waals surface area contributed by atoms with E-state index in [2.05, 4.69) is 28.9 Å². The molecule has 3 unspecified atom stereocenters. The highest BCUT2D eigenvalue weighted by atomic mass is 16.5. The minimum atomic E-state index is 0.400. The molecule has 1 N–H and O–H groups in total. The van der Waals surface area contributed by atoms with Gasteiger partial charge in [0.2, 0.25) is 0 Å². The SMILES string of the molecule is CCCn1ncc(OC)c1C(NCC)C1CC2CC2C1. The zero-order valence-electron chi connectivity index (χ0n) is 12.9. The third-order valence-corrected chi connectivity index (χ3v) is 4.97. The van der Waals surface area contributed by atoms with Gasteiger partial charge in [-0.1, -0.05) is 13.8 Å². The normalized spacial score (nSPS) is 29.2. The van der Waals surface area contributed by atoms with Gasteiger partial charge in [-0.2, -0.15) is 5.10 Å². The van der Waals surface area contributed by atoms with Crippen molar-refractivity contribution in [3.05, 3.63) is 11.9 Å². The van der Waals surface area contributed by atoms with E-state index in [0.717, 1.165) is 43.0 Å². The maximum atomic E-state index is 5.57. The van der Waals surface area contributed by atoms with Crippen LogP contribution < -0.4 is 10.1 Å². The van der Waals surface area contributed by atoms with Gasteiger partial charge >= 0.3 is 0 Å². The van der Waals surface area contributed by atoms with Crippen molar-refractivity contribution < 1.29 is 4.74 Å². The molecule has 2 saturated carbocycles. The van der Waals surface area contributed by atoms with E-state index in [9.17, 15) is 0 Å². The summed E-state index contributed by atoms with van der Waals surface area (Å²) >= 11 is 0. The molecule has 2 aliphatic rings. The van der Waals surface area contributed by atoms with Gasteiger partial charge in [0, 0.05) is 6.54 Å². The Morgan fingerprint density at radius 3 is 2.70 bits per heavy atom. The largest absolute Gasteiger partial charge is 0.493 e. The summed E-state index contributed by atoms with van der Waals surface area (Å²) in [7, 11) is 1.76. The van der Waals surface area contributed by atoms with Crippen molar-refractivity contribution in [1.82, 2.24) is 15.1 Å². The van der Waals surface area contributed by atoms with Crippen LogP contribution in [0, 0.1) is 17.8 Å². The van der Waals surface area contributed by atoms with Gasteiger partial charge in [-0.25, -0.2) is 0 Å². The van der Waals surface area contributed by atoms with Gasteiger partial charge in [0.05, 0.1) is 25.0 Å². The number of ether oxygens (including phenoxy) is 1. The molecule has 0 spiro atoms. The Kier molecular flexibility index (Phi) is 4.01. The third kappa shape index (κ3) is 2.46. The summed E-state index contributed by atoms with van der Waals surface area (Å²) in [4.78, 5) is 0. The fraction of sp³-hybridized carbons (Fsp3) is 0.812. The summed E-state index contributed by atoms with van der Waals surface area (Å²) in [5, 5.41) is 8.23. The Labute approximate surface area is 121 Å². The molecule has 0 aromatic carbocycles. The van der Waals surface area contributed by atoms with Crippen LogP contribution in [0.25, 0.3) is 0 Å². The van der Waals surface area contributed by atoms with Crippen molar-refractivity contribution in [2.45, 2.75) is 52.1 Å². The average Bonchev–Trinajstić information content (AvgIpc) is 2.88. The molecule has 4 nitrogen and oxygen atoms in total. The third-order valence-electron chi connectivity index (χ3n) is 4.97. The Hall–Kier alpha value is -1.03. The lowest BCUT2D eigenvalue weighted by molar-refractivity contribution is 0.312. The van der Waals surface area contributed by atoms with Crippen LogP contribution in [0.5, 0.6) is 5.75 Å². The Balaban J connectivity index is 1.87. The van der Waals surface area contributed by atoms with E-state index in [-0.39, 0.29) is 0 Å². The molecular weight excluding hydrogens is 250 g/mol. The highest BCUT2D eigenvalue weighted by Crippen LogP contribution is 2.57. The van der Waals surface area contributed by atoms with Crippen LogP contribution in [-0.4, -0.2) is 23.4 Å². The number of hydrogen-bond acceptors (Lipinski definition) is 3. The maximum Gasteiger partial charge on any atom is 0.161 e. The van der Waals surface area contributed by atoms with E-state index >= 15 is 0 Å². The number of nitrogens with zero attached hydrogens (tertiary/aromatic N) is 2. The summed E-state index contributed by atoms with van der Waals surface area (Å²) in [6, 6.07) is 0.400. The van der Waals surface area contributed by atoms with Crippen LogP contribution >= 0.6 is 0 Å². The van der Waals surface area contributed by atoms with E-state index in [4.69, 9.17) is 4.74 Å². The topological polar surface area (TPSA) is 39.1 Å². The van der Waals surface area contributed by atoms with E-state index in [1.807, 2.05) is 6.20 Å². The highest BCUT2D eigenvalue weighted by Gasteiger charge is 2.48. The molecule has 2 fully saturated rings. The monoisotopic (exact) mass is 277 g/mol. The molecule has 1 heterocycles. The average molecular weight is 277 g/mol. The molecule has 0 saturated heterocycles. The Bertz CT molecular complexity index is 447. The lowest BCUT2D eigenvalue weighted by Crippen LogP contribution is -2.30. The van der Waals surface area contributed by atoms with Gasteiger partial charge in [0.25, 0.3) is 0 Å². The molecule has 20 heavy (non-hydrogen) atoms. The zero-order chi connectivity index (χ0) is 14.1. The summed E-state index contributed by atoms with van der Waals surface area (Å²) < 4.78 is 7.72. The van der Waals surface area contributed by atoms with Gasteiger partial charge in [-0.15, -0.1) is 0 Å². The van der Waals surface area contributed by atoms with E-state index < -0.39 is 0 Å². The van der Waals surface area contributed by atoms with Gasteiger partial charge in [0.1, 0.15) is 0 Å². The Morgan fingerprint density at radius 2 is 2.10 bits per heavy atom. The number of methoxy groups -OCH3 is 1. The summed E-state index contributed by atoms with van der Waals surface area (Å²) in [5.74, 6) is 3.72. The number of aromatic nitrogens is 2. The molecule has 112 valence electrons. The predicted molar refractivity (Wildman–Crippen MR) is 79.8 cm³/mol. The van der Waals surface area contributed by atoms with Gasteiger partial charge < -0.3 is 10.1 Å². The molecule has 3 atom stereocenters. The van der Waals surface area contributed by atoms with Crippen molar-refractivity contribution in [2.75, 3.05) is 13.7 Å². The van der Waals surface area contributed by atoms with E-state index in [1.54, 1.807) is 7.11 Å². The zero-order valence-corrected chi connectivity index (χ0v) is 12.9. The van der Waals surface area contributed by atoms with Crippen molar-refractivity contribution in [1.29, 1.82) is 0 Å². The quantitative estimate of drug-likeness (QED) is 0.832. The minimum absolute atomic E-state index is 0.400. The van der Waals surface area contributed by atoms with E-state index in [1.165, 1.54) is 25.0 Å². The first kappa shape index (κ1) is 13.9. The van der Waals surface area contributed by atoms with Gasteiger partial charge in [-0.05, 0) is 50.0 Å². The van der Waals surface area contributed by atoms with Crippen molar-refractivity contribution in [3.8, 4) is 5.75 Å². The molecule has 0 radical (unpaired) electrons. The maximum absolute atomic E-state index is 5.57. The van der Waals surface area contributed by atoms with Crippen molar-refractivity contribution >= 4 is 0 Å². The summed E-state index contributed by atoms with van der Waals surface area (Å²) in [6.07, 6.45) is 7.21. The first-order valence-electron chi connectivity index (χ1n) is 8.11. The van der Waals surface area contributed by atoms with Crippen LogP contribution in [-0.2, 0) is 6.54 Å². The first-order chi connectivity index (χ1) is 9.78. The first-order valence-corrected chi connectivity index (χ1v) is 8.11. The van der Waals surface area contributed by atoms with Crippen LogP contribution in [0.15, 0.2) is 6.20 Å². The van der Waals surface area contributed by atoms with E-state index in [0.29, 0.717) is 6.04 Å². The van der Waals surface area contributed by atoms with Crippen LogP contribution in [0.3, 0.4) is 0 Å². The number of hydrogen-bond donors (Lipinski definition) is 1. The van der Waals surface area contributed by atoms with Gasteiger partial charge in [-0.3, -0.25) is 4.68 Å². The van der Waals surface area contributed by atoms with Crippen LogP contribution in [0.4, 0.5) is 0 Å². The Morgan fingerprint density at radius 1 is 1.35 bits per heavy atom. The lowest BCUT2D eigenvalue weighted by atomic mass is 9.91. The summed E-state index contributed by atoms with van der Waals surface area (Å²) in [5.41, 5.74) is 1.27. The molecule has 0 bridgehead atoms. The molecule has 1 aromatic heterocycles. The van der Waals surface area contributed by atoms with Crippen LogP contribution in [0.2, 0.25) is 0 Å². The molecule has 0 amide bonds. The van der Waals surface area contributed by atoms with Crippen molar-refractivity contribution in [2.24, 2.45) is 17.8 Å². The number of nitrogens with one attached hydrogen (secondary N) is 1. The van der Waals surface area contributed by atoms with Crippen LogP contribution in [0.1, 0.15) is 51.3 Å². The molecule has 2 aliphatic carbocycles. The number of fused-ring (bicyclic) bond motifs is 1. The fourth-order valence-electron chi connectivity index (χ4n) is 3.98. The number of rotatable bonds is 7. The second-order valence-electron chi connectivity index (χ2n) is 6.34. The molecule has 1 aromatic rings. The van der Waals surface area contributed by atoms with Gasteiger partial charge in [0.15, 0.2) is 5.75 Å². The summed E-state index contributed by atoms with van der Waals surface area (Å²) in [6.45, 7) is 6.36. The minimum Gasteiger partial charge on any atom is -0.493 e. The second kappa shape index (κ2) is 5.76. The molecule has 4 heteroatoms. The predicted octanol–water partition coefficient (Wildman–Crippen LogP) is 3.00. The molecule has 3 rings (SSSR count). The molecule has 0 aliphatic heterocycles.